The molecule has 1 heterocycles. The van der Waals surface area contributed by atoms with Gasteiger partial charge in [-0.3, -0.25) is 4.79 Å². The van der Waals surface area contributed by atoms with E-state index < -0.39 is 12.1 Å². The fourth-order valence-electron chi connectivity index (χ4n) is 1.66. The van der Waals surface area contributed by atoms with E-state index in [0.717, 1.165) is 5.56 Å². The molecule has 0 saturated carbocycles. The summed E-state index contributed by atoms with van der Waals surface area (Å²) in [5.74, 6) is -0.403. The molecular formula is C12H17NO5. The minimum absolute atomic E-state index is 0.0317. The highest BCUT2D eigenvalue weighted by molar-refractivity contribution is 5.96. The Balaban J connectivity index is 2.59. The molecular weight excluding hydrogens is 238 g/mol. The topological polar surface area (TPSA) is 99.8 Å². The van der Waals surface area contributed by atoms with Crippen molar-refractivity contribution in [3.8, 4) is 0 Å². The van der Waals surface area contributed by atoms with Gasteiger partial charge in [0.1, 0.15) is 11.5 Å². The molecule has 1 rings (SSSR count). The Kier molecular flexibility index (Phi) is 4.49. The van der Waals surface area contributed by atoms with Crippen LogP contribution >= 0.6 is 0 Å². The van der Waals surface area contributed by atoms with Crippen molar-refractivity contribution >= 4 is 11.9 Å². The van der Waals surface area contributed by atoms with Crippen LogP contribution in [0.25, 0.3) is 0 Å². The highest BCUT2D eigenvalue weighted by Crippen LogP contribution is 2.20. The maximum absolute atomic E-state index is 11.9. The third kappa shape index (κ3) is 3.10. The predicted molar refractivity (Wildman–Crippen MR) is 63.5 cm³/mol. The Morgan fingerprint density at radius 2 is 1.89 bits per heavy atom. The summed E-state index contributed by atoms with van der Waals surface area (Å²) in [5, 5.41) is 20.1. The van der Waals surface area contributed by atoms with Gasteiger partial charge in [0.15, 0.2) is 6.10 Å². The quantitative estimate of drug-likeness (QED) is 0.721. The number of aliphatic hydroxyl groups is 1. The number of furan rings is 1. The molecule has 100 valence electrons. The van der Waals surface area contributed by atoms with Crippen molar-refractivity contribution in [3.05, 3.63) is 22.6 Å². The molecule has 1 amide bonds. The van der Waals surface area contributed by atoms with Gasteiger partial charge in [0.2, 0.25) is 0 Å². The van der Waals surface area contributed by atoms with Crippen LogP contribution in [0.4, 0.5) is 0 Å². The van der Waals surface area contributed by atoms with Gasteiger partial charge in [-0.2, -0.15) is 0 Å². The van der Waals surface area contributed by atoms with Crippen LogP contribution < -0.4 is 5.32 Å². The van der Waals surface area contributed by atoms with Crippen LogP contribution in [0.15, 0.2) is 4.42 Å². The lowest BCUT2D eigenvalue weighted by Gasteiger charge is -2.07. The summed E-state index contributed by atoms with van der Waals surface area (Å²) in [5.41, 5.74) is 1.24. The first kappa shape index (κ1) is 14.2. The van der Waals surface area contributed by atoms with Gasteiger partial charge in [-0.15, -0.1) is 0 Å². The summed E-state index contributed by atoms with van der Waals surface area (Å²) >= 11 is 0. The maximum Gasteiger partial charge on any atom is 0.332 e. The number of amides is 1. The van der Waals surface area contributed by atoms with Gasteiger partial charge in [-0.25, -0.2) is 4.79 Å². The van der Waals surface area contributed by atoms with E-state index in [1.165, 1.54) is 0 Å². The van der Waals surface area contributed by atoms with Crippen LogP contribution in [0.3, 0.4) is 0 Å². The second-order valence-corrected chi connectivity index (χ2v) is 4.11. The summed E-state index contributed by atoms with van der Waals surface area (Å²) in [6, 6.07) is 0. The van der Waals surface area contributed by atoms with Gasteiger partial charge >= 0.3 is 5.97 Å². The summed E-state index contributed by atoms with van der Waals surface area (Å²) in [7, 11) is 0. The molecule has 0 aliphatic rings. The highest BCUT2D eigenvalue weighted by atomic mass is 16.4. The summed E-state index contributed by atoms with van der Waals surface area (Å²) in [6.07, 6.45) is -1.49. The zero-order chi connectivity index (χ0) is 13.9. The average Bonchev–Trinajstić information content (AvgIpc) is 2.52. The number of aryl methyl sites for hydroxylation is 2. The van der Waals surface area contributed by atoms with E-state index in [0.29, 0.717) is 17.1 Å². The SMILES string of the molecule is Cc1oc(C)c(C(=O)NCCC(O)C(=O)O)c1C. The van der Waals surface area contributed by atoms with Crippen molar-refractivity contribution in [2.75, 3.05) is 6.54 Å². The van der Waals surface area contributed by atoms with Crippen molar-refractivity contribution in [2.24, 2.45) is 0 Å². The largest absolute Gasteiger partial charge is 0.479 e. The molecule has 1 aromatic heterocycles. The number of aliphatic carboxylic acids is 1. The minimum Gasteiger partial charge on any atom is -0.479 e. The van der Waals surface area contributed by atoms with Crippen LogP contribution in [-0.2, 0) is 4.79 Å². The fourth-order valence-corrected chi connectivity index (χ4v) is 1.66. The Morgan fingerprint density at radius 1 is 1.28 bits per heavy atom. The normalized spacial score (nSPS) is 12.2. The van der Waals surface area contributed by atoms with E-state index in [4.69, 9.17) is 14.6 Å². The van der Waals surface area contributed by atoms with Gasteiger partial charge in [-0.05, 0) is 20.8 Å². The van der Waals surface area contributed by atoms with Crippen LogP contribution in [0.2, 0.25) is 0 Å². The van der Waals surface area contributed by atoms with Crippen molar-refractivity contribution in [1.82, 2.24) is 5.32 Å². The molecule has 0 aliphatic carbocycles. The van der Waals surface area contributed by atoms with Crippen molar-refractivity contribution in [1.29, 1.82) is 0 Å². The van der Waals surface area contributed by atoms with Crippen molar-refractivity contribution in [3.63, 3.8) is 0 Å². The molecule has 6 heteroatoms. The molecule has 1 unspecified atom stereocenters. The Bertz CT molecular complexity index is 463. The second-order valence-electron chi connectivity index (χ2n) is 4.11. The zero-order valence-electron chi connectivity index (χ0n) is 10.6. The number of nitrogens with one attached hydrogen (secondary N) is 1. The van der Waals surface area contributed by atoms with Gasteiger partial charge in [0, 0.05) is 18.5 Å². The highest BCUT2D eigenvalue weighted by Gasteiger charge is 2.19. The molecule has 0 radical (unpaired) electrons. The lowest BCUT2D eigenvalue weighted by Crippen LogP contribution is -2.30. The second kappa shape index (κ2) is 5.68. The average molecular weight is 255 g/mol. The monoisotopic (exact) mass is 255 g/mol. The molecule has 6 nitrogen and oxygen atoms in total. The number of carboxylic acid groups (broad SMARTS) is 1. The molecule has 0 bridgehead atoms. The van der Waals surface area contributed by atoms with Crippen LogP contribution in [0.1, 0.15) is 33.9 Å². The molecule has 0 aromatic carbocycles. The van der Waals surface area contributed by atoms with Gasteiger partial charge in [-0.1, -0.05) is 0 Å². The summed E-state index contributed by atoms with van der Waals surface area (Å²) < 4.78 is 5.33. The molecule has 18 heavy (non-hydrogen) atoms. The van der Waals surface area contributed by atoms with E-state index in [9.17, 15) is 9.59 Å². The van der Waals surface area contributed by atoms with E-state index in [1.807, 2.05) is 0 Å². The number of hydrogen-bond donors (Lipinski definition) is 3. The lowest BCUT2D eigenvalue weighted by molar-refractivity contribution is -0.146. The molecule has 0 fully saturated rings. The molecule has 1 aromatic rings. The zero-order valence-corrected chi connectivity index (χ0v) is 10.6. The molecule has 0 aliphatic heterocycles. The number of carboxylic acids is 1. The van der Waals surface area contributed by atoms with E-state index in [-0.39, 0.29) is 18.9 Å². The first-order chi connectivity index (χ1) is 8.34. The fraction of sp³-hybridized carbons (Fsp3) is 0.500. The van der Waals surface area contributed by atoms with Crippen molar-refractivity contribution < 1.29 is 24.2 Å². The predicted octanol–water partition coefficient (Wildman–Crippen LogP) is 0.770. The number of hydrogen-bond acceptors (Lipinski definition) is 4. The maximum atomic E-state index is 11.9. The van der Waals surface area contributed by atoms with Gasteiger partial charge in [0.05, 0.1) is 5.56 Å². The lowest BCUT2D eigenvalue weighted by atomic mass is 10.1. The van der Waals surface area contributed by atoms with Gasteiger partial charge in [0.25, 0.3) is 5.91 Å². The number of aliphatic hydroxyl groups excluding tert-OH is 1. The summed E-state index contributed by atoms with van der Waals surface area (Å²) in [4.78, 5) is 22.2. The van der Waals surface area contributed by atoms with Gasteiger partial charge < -0.3 is 19.9 Å². The van der Waals surface area contributed by atoms with Crippen LogP contribution in [-0.4, -0.2) is 34.7 Å². The number of rotatable bonds is 5. The van der Waals surface area contributed by atoms with E-state index >= 15 is 0 Å². The van der Waals surface area contributed by atoms with Crippen molar-refractivity contribution in [2.45, 2.75) is 33.3 Å². The Morgan fingerprint density at radius 3 is 2.33 bits per heavy atom. The Hall–Kier alpha value is -1.82. The Labute approximate surface area is 105 Å². The molecule has 1 atom stereocenters. The first-order valence-electron chi connectivity index (χ1n) is 5.60. The van der Waals surface area contributed by atoms with E-state index in [1.54, 1.807) is 20.8 Å². The third-order valence-electron chi connectivity index (χ3n) is 2.78. The van der Waals surface area contributed by atoms with Crippen LogP contribution in [0, 0.1) is 20.8 Å². The first-order valence-corrected chi connectivity index (χ1v) is 5.60. The molecule has 3 N–H and O–H groups in total. The smallest absolute Gasteiger partial charge is 0.332 e. The summed E-state index contributed by atoms with van der Waals surface area (Å²) in [6.45, 7) is 5.34. The standard InChI is InChI=1S/C12H17NO5/c1-6-7(2)18-8(3)10(6)11(15)13-5-4-9(14)12(16)17/h9,14H,4-5H2,1-3H3,(H,13,15)(H,16,17). The van der Waals surface area contributed by atoms with Crippen LogP contribution in [0.5, 0.6) is 0 Å². The minimum atomic E-state index is -1.46. The molecule has 0 saturated heterocycles. The number of carbonyl (C=O) groups excluding carboxylic acids is 1. The molecule has 0 spiro atoms. The van der Waals surface area contributed by atoms with E-state index in [2.05, 4.69) is 5.32 Å². The number of carbonyl (C=O) groups is 2. The third-order valence-corrected chi connectivity index (χ3v) is 2.78.